The van der Waals surface area contributed by atoms with Crippen LogP contribution >= 0.6 is 0 Å². The fourth-order valence-electron chi connectivity index (χ4n) is 2.26. The highest BCUT2D eigenvalue weighted by molar-refractivity contribution is 5.47. The topological polar surface area (TPSA) is 35.5 Å². The van der Waals surface area contributed by atoms with Crippen molar-refractivity contribution in [2.45, 2.75) is 32.7 Å². The highest BCUT2D eigenvalue weighted by Crippen LogP contribution is 2.21. The van der Waals surface area contributed by atoms with Crippen LogP contribution in [0.5, 0.6) is 0 Å². The van der Waals surface area contributed by atoms with Crippen molar-refractivity contribution in [2.75, 3.05) is 31.6 Å². The van der Waals surface area contributed by atoms with E-state index in [1.165, 1.54) is 11.3 Å². The molecule has 0 heterocycles. The summed E-state index contributed by atoms with van der Waals surface area (Å²) in [7, 11) is 2.00. The van der Waals surface area contributed by atoms with Crippen LogP contribution < -0.4 is 10.2 Å². The second-order valence-corrected chi connectivity index (χ2v) is 4.50. The molecule has 0 radical (unpaired) electrons. The number of aliphatic hydroxyl groups is 1. The molecular formula is C15H26N2O. The fourth-order valence-corrected chi connectivity index (χ4v) is 2.26. The van der Waals surface area contributed by atoms with Gasteiger partial charge in [0.1, 0.15) is 0 Å². The van der Waals surface area contributed by atoms with E-state index >= 15 is 0 Å². The van der Waals surface area contributed by atoms with Crippen molar-refractivity contribution in [3.05, 3.63) is 29.8 Å². The third kappa shape index (κ3) is 4.00. The summed E-state index contributed by atoms with van der Waals surface area (Å²) in [6.07, 6.45) is 1.92. The van der Waals surface area contributed by atoms with Crippen LogP contribution in [0.2, 0.25) is 0 Å². The monoisotopic (exact) mass is 250 g/mol. The van der Waals surface area contributed by atoms with Gasteiger partial charge in [-0.3, -0.25) is 0 Å². The number of hydrogen-bond donors (Lipinski definition) is 2. The first kappa shape index (κ1) is 15.0. The lowest BCUT2D eigenvalue weighted by molar-refractivity contribution is 0.289. The van der Waals surface area contributed by atoms with Gasteiger partial charge in [0.05, 0.1) is 0 Å². The number of anilines is 1. The van der Waals surface area contributed by atoms with E-state index in [1.807, 2.05) is 7.05 Å². The second-order valence-electron chi connectivity index (χ2n) is 4.50. The maximum Gasteiger partial charge on any atom is 0.0447 e. The van der Waals surface area contributed by atoms with Gasteiger partial charge in [-0.1, -0.05) is 19.1 Å². The summed E-state index contributed by atoms with van der Waals surface area (Å²) in [4.78, 5) is 2.29. The summed E-state index contributed by atoms with van der Waals surface area (Å²) >= 11 is 0. The zero-order valence-electron chi connectivity index (χ0n) is 11.8. The Kier molecular flexibility index (Phi) is 6.76. The minimum Gasteiger partial charge on any atom is -0.396 e. The Labute approximate surface area is 111 Å². The molecule has 1 rings (SSSR count). The van der Waals surface area contributed by atoms with Gasteiger partial charge in [0, 0.05) is 31.4 Å². The van der Waals surface area contributed by atoms with Crippen molar-refractivity contribution in [3.8, 4) is 0 Å². The molecule has 18 heavy (non-hydrogen) atoms. The number of nitrogens with zero attached hydrogens (tertiary/aromatic N) is 1. The lowest BCUT2D eigenvalue weighted by Crippen LogP contribution is -2.24. The maximum atomic E-state index is 8.90. The van der Waals surface area contributed by atoms with Crippen molar-refractivity contribution in [1.29, 1.82) is 0 Å². The SMILES string of the molecule is CCC(NC)c1ccc(N(CC)CCCO)cc1. The summed E-state index contributed by atoms with van der Waals surface area (Å²) in [5.41, 5.74) is 2.57. The molecule has 1 unspecified atom stereocenters. The molecule has 1 atom stereocenters. The van der Waals surface area contributed by atoms with E-state index in [1.54, 1.807) is 0 Å². The molecule has 0 amide bonds. The minimum absolute atomic E-state index is 0.256. The molecule has 3 heteroatoms. The molecule has 1 aromatic carbocycles. The summed E-state index contributed by atoms with van der Waals surface area (Å²) in [6.45, 7) is 6.48. The van der Waals surface area contributed by atoms with Crippen LogP contribution in [0.3, 0.4) is 0 Å². The highest BCUT2D eigenvalue weighted by Gasteiger charge is 2.08. The van der Waals surface area contributed by atoms with E-state index in [2.05, 4.69) is 48.3 Å². The standard InChI is InChI=1S/C15H26N2O/c1-4-15(16-3)13-7-9-14(10-8-13)17(5-2)11-6-12-18/h7-10,15-16,18H,4-6,11-12H2,1-3H3. The van der Waals surface area contributed by atoms with Crippen molar-refractivity contribution in [1.82, 2.24) is 5.32 Å². The maximum absolute atomic E-state index is 8.90. The molecule has 0 fully saturated rings. The minimum atomic E-state index is 0.256. The van der Waals surface area contributed by atoms with Crippen LogP contribution in [0, 0.1) is 0 Å². The van der Waals surface area contributed by atoms with E-state index in [0.717, 1.165) is 25.9 Å². The Bertz CT molecular complexity index is 320. The van der Waals surface area contributed by atoms with E-state index in [4.69, 9.17) is 5.11 Å². The Hall–Kier alpha value is -1.06. The summed E-state index contributed by atoms with van der Waals surface area (Å²) in [5.74, 6) is 0. The van der Waals surface area contributed by atoms with E-state index in [0.29, 0.717) is 6.04 Å². The quantitative estimate of drug-likeness (QED) is 0.744. The summed E-state index contributed by atoms with van der Waals surface area (Å²) in [5, 5.41) is 12.2. The Balaban J connectivity index is 2.73. The lowest BCUT2D eigenvalue weighted by Gasteiger charge is -2.23. The van der Waals surface area contributed by atoms with Crippen LogP contribution in [0.25, 0.3) is 0 Å². The molecule has 3 nitrogen and oxygen atoms in total. The van der Waals surface area contributed by atoms with Gasteiger partial charge < -0.3 is 15.3 Å². The van der Waals surface area contributed by atoms with E-state index < -0.39 is 0 Å². The third-order valence-electron chi connectivity index (χ3n) is 3.39. The molecule has 0 spiro atoms. The summed E-state index contributed by atoms with van der Waals surface area (Å²) in [6, 6.07) is 9.18. The van der Waals surface area contributed by atoms with Crippen LogP contribution in [0.1, 0.15) is 38.3 Å². The van der Waals surface area contributed by atoms with E-state index in [-0.39, 0.29) is 6.61 Å². The predicted octanol–water partition coefficient (Wildman–Crippen LogP) is 2.57. The first-order chi connectivity index (χ1) is 8.76. The zero-order chi connectivity index (χ0) is 13.4. The number of hydrogen-bond acceptors (Lipinski definition) is 3. The van der Waals surface area contributed by atoms with Crippen LogP contribution in [-0.4, -0.2) is 31.9 Å². The van der Waals surface area contributed by atoms with Gasteiger partial charge in [0.15, 0.2) is 0 Å². The Morgan fingerprint density at radius 1 is 1.22 bits per heavy atom. The normalized spacial score (nSPS) is 12.4. The predicted molar refractivity (Wildman–Crippen MR) is 78.1 cm³/mol. The Morgan fingerprint density at radius 2 is 1.89 bits per heavy atom. The van der Waals surface area contributed by atoms with Crippen LogP contribution in [-0.2, 0) is 0 Å². The average Bonchev–Trinajstić information content (AvgIpc) is 2.42. The average molecular weight is 250 g/mol. The molecule has 0 aromatic heterocycles. The molecule has 0 aliphatic rings. The number of benzene rings is 1. The molecule has 1 aromatic rings. The van der Waals surface area contributed by atoms with Gasteiger partial charge in [-0.2, -0.15) is 0 Å². The molecule has 0 aliphatic carbocycles. The number of nitrogens with one attached hydrogen (secondary N) is 1. The largest absolute Gasteiger partial charge is 0.396 e. The van der Waals surface area contributed by atoms with Gasteiger partial charge in [-0.25, -0.2) is 0 Å². The zero-order valence-corrected chi connectivity index (χ0v) is 11.8. The van der Waals surface area contributed by atoms with Gasteiger partial charge >= 0.3 is 0 Å². The highest BCUT2D eigenvalue weighted by atomic mass is 16.3. The van der Waals surface area contributed by atoms with Crippen molar-refractivity contribution in [3.63, 3.8) is 0 Å². The van der Waals surface area contributed by atoms with Gasteiger partial charge in [0.2, 0.25) is 0 Å². The molecule has 0 bridgehead atoms. The second kappa shape index (κ2) is 8.11. The Morgan fingerprint density at radius 3 is 2.33 bits per heavy atom. The first-order valence-electron chi connectivity index (χ1n) is 6.89. The van der Waals surface area contributed by atoms with Crippen molar-refractivity contribution in [2.24, 2.45) is 0 Å². The molecule has 0 saturated heterocycles. The van der Waals surface area contributed by atoms with Gasteiger partial charge in [0.25, 0.3) is 0 Å². The third-order valence-corrected chi connectivity index (χ3v) is 3.39. The number of rotatable bonds is 8. The summed E-state index contributed by atoms with van der Waals surface area (Å²) < 4.78 is 0. The molecular weight excluding hydrogens is 224 g/mol. The fraction of sp³-hybridized carbons (Fsp3) is 0.600. The van der Waals surface area contributed by atoms with Crippen LogP contribution in [0.4, 0.5) is 5.69 Å². The van der Waals surface area contributed by atoms with Gasteiger partial charge in [-0.05, 0) is 44.5 Å². The molecule has 0 saturated carbocycles. The molecule has 102 valence electrons. The lowest BCUT2D eigenvalue weighted by atomic mass is 10.0. The first-order valence-corrected chi connectivity index (χ1v) is 6.89. The molecule has 0 aliphatic heterocycles. The van der Waals surface area contributed by atoms with Gasteiger partial charge in [-0.15, -0.1) is 0 Å². The molecule has 2 N–H and O–H groups in total. The van der Waals surface area contributed by atoms with Crippen molar-refractivity contribution < 1.29 is 5.11 Å². The van der Waals surface area contributed by atoms with E-state index in [9.17, 15) is 0 Å². The van der Waals surface area contributed by atoms with Crippen LogP contribution in [0.15, 0.2) is 24.3 Å². The number of aliphatic hydroxyl groups excluding tert-OH is 1. The van der Waals surface area contributed by atoms with Crippen molar-refractivity contribution >= 4 is 5.69 Å². The smallest absolute Gasteiger partial charge is 0.0447 e.